The second-order valence-corrected chi connectivity index (χ2v) is 6.76. The van der Waals surface area contributed by atoms with Crippen molar-refractivity contribution in [2.24, 2.45) is 0 Å². The Morgan fingerprint density at radius 2 is 2.17 bits per heavy atom. The van der Waals surface area contributed by atoms with Gasteiger partial charge < -0.3 is 15.0 Å². The van der Waals surface area contributed by atoms with Crippen molar-refractivity contribution in [2.75, 3.05) is 18.4 Å². The molecule has 2 aromatic heterocycles. The summed E-state index contributed by atoms with van der Waals surface area (Å²) in [6.07, 6.45) is 2.53. The summed E-state index contributed by atoms with van der Waals surface area (Å²) in [5.41, 5.74) is -0.106. The number of nitrogens with one attached hydrogen (secondary N) is 1. The van der Waals surface area contributed by atoms with E-state index in [-0.39, 0.29) is 24.5 Å². The zero-order chi connectivity index (χ0) is 16.6. The van der Waals surface area contributed by atoms with Crippen LogP contribution in [0.4, 0.5) is 14.5 Å². The third-order valence-corrected chi connectivity index (χ3v) is 3.67. The monoisotopic (exact) mass is 340 g/mol. The van der Waals surface area contributed by atoms with Gasteiger partial charge in [0.15, 0.2) is 18.0 Å². The van der Waals surface area contributed by atoms with E-state index in [0.717, 1.165) is 4.09 Å². The minimum atomic E-state index is -0.507. The van der Waals surface area contributed by atoms with Crippen LogP contribution in [0.1, 0.15) is 20.8 Å². The average molecular weight is 340 g/mol. The van der Waals surface area contributed by atoms with Gasteiger partial charge in [0.1, 0.15) is 17.7 Å². The zero-order valence-corrected chi connectivity index (χ0v) is 13.8. The highest BCUT2D eigenvalue weighted by Gasteiger charge is 2.34. The SMILES string of the molecule is CC(C)(C)OC(=O)N1CC(Nc2ncnc3c2cnn3SF)C1. The second kappa shape index (κ2) is 5.84. The van der Waals surface area contributed by atoms with Gasteiger partial charge in [-0.2, -0.15) is 9.19 Å². The third-order valence-electron chi connectivity index (χ3n) is 3.28. The van der Waals surface area contributed by atoms with E-state index in [4.69, 9.17) is 4.74 Å². The molecule has 1 aliphatic rings. The van der Waals surface area contributed by atoms with E-state index in [9.17, 15) is 8.68 Å². The lowest BCUT2D eigenvalue weighted by Gasteiger charge is -2.40. The van der Waals surface area contributed by atoms with Crippen molar-refractivity contribution in [1.29, 1.82) is 0 Å². The van der Waals surface area contributed by atoms with Gasteiger partial charge in [0.2, 0.25) is 0 Å². The Morgan fingerprint density at radius 3 is 2.83 bits per heavy atom. The summed E-state index contributed by atoms with van der Waals surface area (Å²) in [4.78, 5) is 21.7. The molecule has 10 heteroatoms. The van der Waals surface area contributed by atoms with Crippen molar-refractivity contribution in [1.82, 2.24) is 24.1 Å². The molecule has 0 aromatic carbocycles. The number of aromatic nitrogens is 4. The van der Waals surface area contributed by atoms with E-state index < -0.39 is 5.60 Å². The number of nitrogens with zero attached hydrogens (tertiary/aromatic N) is 5. The number of hydrogen-bond donors (Lipinski definition) is 1. The zero-order valence-electron chi connectivity index (χ0n) is 13.0. The fraction of sp³-hybridized carbons (Fsp3) is 0.538. The fourth-order valence-electron chi connectivity index (χ4n) is 2.23. The molecule has 1 amide bonds. The van der Waals surface area contributed by atoms with Crippen molar-refractivity contribution < 1.29 is 13.4 Å². The molecule has 8 nitrogen and oxygen atoms in total. The topological polar surface area (TPSA) is 85.2 Å². The predicted octanol–water partition coefficient (Wildman–Crippen LogP) is 2.24. The first-order valence-electron chi connectivity index (χ1n) is 7.09. The van der Waals surface area contributed by atoms with Gasteiger partial charge in [-0.15, -0.1) is 3.89 Å². The molecule has 0 atom stereocenters. The van der Waals surface area contributed by atoms with Crippen LogP contribution in [0.25, 0.3) is 11.0 Å². The first-order chi connectivity index (χ1) is 10.9. The Kier molecular flexibility index (Phi) is 4.00. The summed E-state index contributed by atoms with van der Waals surface area (Å²) >= 11 is -0.0201. The summed E-state index contributed by atoms with van der Waals surface area (Å²) in [6.45, 7) is 6.54. The average Bonchev–Trinajstić information content (AvgIpc) is 2.84. The Hall–Kier alpha value is -2.10. The first-order valence-corrected chi connectivity index (χ1v) is 7.77. The largest absolute Gasteiger partial charge is 0.444 e. The molecule has 124 valence electrons. The van der Waals surface area contributed by atoms with E-state index in [0.29, 0.717) is 29.9 Å². The first kappa shape index (κ1) is 15.8. The van der Waals surface area contributed by atoms with Gasteiger partial charge in [0.25, 0.3) is 0 Å². The van der Waals surface area contributed by atoms with E-state index >= 15 is 0 Å². The van der Waals surface area contributed by atoms with Gasteiger partial charge >= 0.3 is 6.09 Å². The standard InChI is InChI=1S/C13H17FN6O2S/c1-13(2,3)22-12(21)19-5-8(6-19)18-10-9-4-17-20(23-14)11(9)16-7-15-10/h4,7-8H,5-6H2,1-3H3,(H,15,16,18). The van der Waals surface area contributed by atoms with Gasteiger partial charge in [0, 0.05) is 13.1 Å². The number of ether oxygens (including phenoxy) is 1. The maximum Gasteiger partial charge on any atom is 0.410 e. The second-order valence-electron chi connectivity index (χ2n) is 6.27. The smallest absolute Gasteiger partial charge is 0.410 e. The number of amides is 1. The molecule has 1 aliphatic heterocycles. The molecule has 1 N–H and O–H groups in total. The van der Waals surface area contributed by atoms with E-state index in [1.807, 2.05) is 20.8 Å². The molecule has 1 fully saturated rings. The molecule has 3 heterocycles. The summed E-state index contributed by atoms with van der Waals surface area (Å²) in [5.74, 6) is 0.573. The number of anilines is 1. The van der Waals surface area contributed by atoms with Gasteiger partial charge in [-0.1, -0.05) is 0 Å². The van der Waals surface area contributed by atoms with Crippen LogP contribution in [0, 0.1) is 0 Å². The summed E-state index contributed by atoms with van der Waals surface area (Å²) < 4.78 is 19.1. The van der Waals surface area contributed by atoms with Gasteiger partial charge in [0.05, 0.1) is 17.6 Å². The number of carbonyl (C=O) groups excluding carboxylic acids is 1. The van der Waals surface area contributed by atoms with Crippen LogP contribution in [0.15, 0.2) is 12.5 Å². The Morgan fingerprint density at radius 1 is 1.43 bits per heavy atom. The van der Waals surface area contributed by atoms with Crippen LogP contribution in [0.2, 0.25) is 0 Å². The van der Waals surface area contributed by atoms with Crippen LogP contribution < -0.4 is 5.32 Å². The maximum atomic E-state index is 12.7. The molecule has 3 rings (SSSR count). The lowest BCUT2D eigenvalue weighted by molar-refractivity contribution is 0.0105. The molecular formula is C13H17FN6O2S. The molecule has 0 radical (unpaired) electrons. The number of carbonyl (C=O) groups is 1. The number of fused-ring (bicyclic) bond motifs is 1. The Balaban J connectivity index is 1.62. The van der Waals surface area contributed by atoms with E-state index in [1.54, 1.807) is 4.90 Å². The van der Waals surface area contributed by atoms with Crippen molar-refractivity contribution in [2.45, 2.75) is 32.4 Å². The summed E-state index contributed by atoms with van der Waals surface area (Å²) in [5, 5.41) is 7.74. The van der Waals surface area contributed by atoms with Crippen LogP contribution in [-0.4, -0.2) is 54.9 Å². The molecule has 0 saturated carbocycles. The summed E-state index contributed by atoms with van der Waals surface area (Å²) in [6, 6.07) is 0.0574. The molecular weight excluding hydrogens is 323 g/mol. The molecule has 0 unspecified atom stereocenters. The minimum Gasteiger partial charge on any atom is -0.444 e. The lowest BCUT2D eigenvalue weighted by atomic mass is 10.1. The normalized spacial score (nSPS) is 15.6. The van der Waals surface area contributed by atoms with Gasteiger partial charge in [-0.3, -0.25) is 0 Å². The number of halogens is 1. The van der Waals surface area contributed by atoms with Crippen molar-refractivity contribution in [3.05, 3.63) is 12.5 Å². The van der Waals surface area contributed by atoms with Crippen LogP contribution >= 0.6 is 12.3 Å². The molecule has 0 bridgehead atoms. The molecule has 1 saturated heterocycles. The van der Waals surface area contributed by atoms with E-state index in [2.05, 4.69) is 20.4 Å². The number of likely N-dealkylation sites (tertiary alicyclic amines) is 1. The number of hydrogen-bond acceptors (Lipinski definition) is 7. The minimum absolute atomic E-state index is 0.0201. The van der Waals surface area contributed by atoms with Crippen molar-refractivity contribution >= 4 is 35.3 Å². The lowest BCUT2D eigenvalue weighted by Crippen LogP contribution is -2.58. The van der Waals surface area contributed by atoms with E-state index in [1.165, 1.54) is 12.5 Å². The molecule has 23 heavy (non-hydrogen) atoms. The quantitative estimate of drug-likeness (QED) is 0.917. The predicted molar refractivity (Wildman–Crippen MR) is 84.6 cm³/mol. The fourth-order valence-corrected chi connectivity index (χ4v) is 2.52. The van der Waals surface area contributed by atoms with Crippen LogP contribution in [0.3, 0.4) is 0 Å². The van der Waals surface area contributed by atoms with Gasteiger partial charge in [-0.05, 0) is 20.8 Å². The maximum absolute atomic E-state index is 12.7. The highest BCUT2D eigenvalue weighted by Crippen LogP contribution is 2.24. The summed E-state index contributed by atoms with van der Waals surface area (Å²) in [7, 11) is 0. The molecule has 2 aromatic rings. The third kappa shape index (κ3) is 3.31. The molecule has 0 aliphatic carbocycles. The van der Waals surface area contributed by atoms with Crippen LogP contribution in [0.5, 0.6) is 0 Å². The Labute approximate surface area is 136 Å². The van der Waals surface area contributed by atoms with Crippen molar-refractivity contribution in [3.63, 3.8) is 0 Å². The van der Waals surface area contributed by atoms with Gasteiger partial charge in [-0.25, -0.2) is 14.8 Å². The molecule has 0 spiro atoms. The number of rotatable bonds is 3. The van der Waals surface area contributed by atoms with Crippen LogP contribution in [-0.2, 0) is 4.74 Å². The Bertz CT molecular complexity index is 725. The highest BCUT2D eigenvalue weighted by atomic mass is 32.2. The highest BCUT2D eigenvalue weighted by molar-refractivity contribution is 7.92. The van der Waals surface area contributed by atoms with Crippen molar-refractivity contribution in [3.8, 4) is 0 Å².